The number of hydrogen-bond acceptors (Lipinski definition) is 3. The molecule has 2 rings (SSSR count). The summed E-state index contributed by atoms with van der Waals surface area (Å²) in [5, 5.41) is 12.9. The fraction of sp³-hybridized carbons (Fsp3) is 0.533. The lowest BCUT2D eigenvalue weighted by Crippen LogP contribution is -2.41. The molecule has 1 atom stereocenters. The predicted octanol–water partition coefficient (Wildman–Crippen LogP) is 2.00. The Kier molecular flexibility index (Phi) is 4.80. The quantitative estimate of drug-likeness (QED) is 0.853. The molecule has 0 radical (unpaired) electrons. The van der Waals surface area contributed by atoms with E-state index in [0.717, 1.165) is 32.5 Å². The molecule has 0 aromatic heterocycles. The van der Waals surface area contributed by atoms with E-state index < -0.39 is 0 Å². The normalized spacial score (nSPS) is 18.5. The van der Waals surface area contributed by atoms with Crippen LogP contribution in [0.25, 0.3) is 0 Å². The SMILES string of the molecule is CCCN(CC1CCCN1)C(=O)c1cccc(O)c1. The molecule has 19 heavy (non-hydrogen) atoms. The predicted molar refractivity (Wildman–Crippen MR) is 75.3 cm³/mol. The lowest BCUT2D eigenvalue weighted by Gasteiger charge is -2.25. The number of phenols is 1. The molecule has 104 valence electrons. The van der Waals surface area contributed by atoms with Crippen molar-refractivity contribution in [3.05, 3.63) is 29.8 Å². The van der Waals surface area contributed by atoms with Gasteiger partial charge < -0.3 is 15.3 Å². The molecule has 1 aromatic carbocycles. The van der Waals surface area contributed by atoms with Crippen LogP contribution >= 0.6 is 0 Å². The van der Waals surface area contributed by atoms with Crippen LogP contribution in [0.3, 0.4) is 0 Å². The number of nitrogens with one attached hydrogen (secondary N) is 1. The van der Waals surface area contributed by atoms with Crippen LogP contribution in [0.4, 0.5) is 0 Å². The van der Waals surface area contributed by atoms with Crippen molar-refractivity contribution in [3.8, 4) is 5.75 Å². The third-order valence-electron chi connectivity index (χ3n) is 3.48. The van der Waals surface area contributed by atoms with Crippen LogP contribution in [0, 0.1) is 0 Å². The number of carbonyl (C=O) groups excluding carboxylic acids is 1. The fourth-order valence-corrected chi connectivity index (χ4v) is 2.55. The third-order valence-corrected chi connectivity index (χ3v) is 3.48. The molecule has 1 heterocycles. The maximum absolute atomic E-state index is 12.5. The lowest BCUT2D eigenvalue weighted by atomic mass is 10.1. The van der Waals surface area contributed by atoms with Gasteiger partial charge in [-0.05, 0) is 44.0 Å². The first kappa shape index (κ1) is 13.9. The fourth-order valence-electron chi connectivity index (χ4n) is 2.55. The van der Waals surface area contributed by atoms with Crippen LogP contribution in [0.2, 0.25) is 0 Å². The molecule has 2 N–H and O–H groups in total. The van der Waals surface area contributed by atoms with E-state index in [1.807, 2.05) is 4.90 Å². The minimum atomic E-state index is 0.00597. The first-order chi connectivity index (χ1) is 9.20. The summed E-state index contributed by atoms with van der Waals surface area (Å²) in [6, 6.07) is 6.99. The average Bonchev–Trinajstić information content (AvgIpc) is 2.90. The van der Waals surface area contributed by atoms with Crippen molar-refractivity contribution in [2.24, 2.45) is 0 Å². The summed E-state index contributed by atoms with van der Waals surface area (Å²) < 4.78 is 0. The molecular weight excluding hydrogens is 240 g/mol. The number of phenolic OH excluding ortho intramolecular Hbond substituents is 1. The van der Waals surface area contributed by atoms with Gasteiger partial charge in [-0.15, -0.1) is 0 Å². The van der Waals surface area contributed by atoms with Gasteiger partial charge in [0.15, 0.2) is 0 Å². The number of amides is 1. The summed E-state index contributed by atoms with van der Waals surface area (Å²) in [7, 11) is 0. The Morgan fingerprint density at radius 1 is 1.53 bits per heavy atom. The van der Waals surface area contributed by atoms with Crippen molar-refractivity contribution < 1.29 is 9.90 Å². The zero-order chi connectivity index (χ0) is 13.7. The standard InChI is InChI=1S/C15H22N2O2/c1-2-9-17(11-13-6-4-8-16-13)15(19)12-5-3-7-14(18)10-12/h3,5,7,10,13,16,18H,2,4,6,8-9,11H2,1H3. The monoisotopic (exact) mass is 262 g/mol. The van der Waals surface area contributed by atoms with Crippen LogP contribution < -0.4 is 5.32 Å². The highest BCUT2D eigenvalue weighted by Crippen LogP contribution is 2.15. The Bertz CT molecular complexity index is 428. The minimum absolute atomic E-state index is 0.00597. The molecule has 1 fully saturated rings. The highest BCUT2D eigenvalue weighted by Gasteiger charge is 2.21. The van der Waals surface area contributed by atoms with E-state index in [4.69, 9.17) is 0 Å². The van der Waals surface area contributed by atoms with Crippen LogP contribution in [0.15, 0.2) is 24.3 Å². The maximum Gasteiger partial charge on any atom is 0.254 e. The van der Waals surface area contributed by atoms with Crippen molar-refractivity contribution in [1.29, 1.82) is 0 Å². The molecule has 4 heteroatoms. The van der Waals surface area contributed by atoms with Gasteiger partial charge in [0.2, 0.25) is 0 Å². The third kappa shape index (κ3) is 3.70. The molecular formula is C15H22N2O2. The average molecular weight is 262 g/mol. The van der Waals surface area contributed by atoms with Gasteiger partial charge >= 0.3 is 0 Å². The lowest BCUT2D eigenvalue weighted by molar-refractivity contribution is 0.0741. The van der Waals surface area contributed by atoms with Gasteiger partial charge in [-0.25, -0.2) is 0 Å². The molecule has 1 aromatic rings. The van der Waals surface area contributed by atoms with Crippen LogP contribution in [-0.4, -0.2) is 41.6 Å². The van der Waals surface area contributed by atoms with Crippen LogP contribution in [-0.2, 0) is 0 Å². The molecule has 1 amide bonds. The first-order valence-electron chi connectivity index (χ1n) is 7.02. The summed E-state index contributed by atoms with van der Waals surface area (Å²) >= 11 is 0. The van der Waals surface area contributed by atoms with E-state index in [-0.39, 0.29) is 11.7 Å². The molecule has 1 aliphatic rings. The van der Waals surface area contributed by atoms with Crippen molar-refractivity contribution >= 4 is 5.91 Å². The van der Waals surface area contributed by atoms with Crippen molar-refractivity contribution in [1.82, 2.24) is 10.2 Å². The van der Waals surface area contributed by atoms with Crippen molar-refractivity contribution in [2.45, 2.75) is 32.2 Å². The zero-order valence-corrected chi connectivity index (χ0v) is 11.4. The van der Waals surface area contributed by atoms with Crippen molar-refractivity contribution in [2.75, 3.05) is 19.6 Å². The molecule has 4 nitrogen and oxygen atoms in total. The van der Waals surface area contributed by atoms with E-state index in [2.05, 4.69) is 12.2 Å². The van der Waals surface area contributed by atoms with E-state index in [9.17, 15) is 9.90 Å². The molecule has 1 aliphatic heterocycles. The first-order valence-corrected chi connectivity index (χ1v) is 7.02. The van der Waals surface area contributed by atoms with Gasteiger partial charge in [-0.3, -0.25) is 4.79 Å². The Morgan fingerprint density at radius 3 is 3.00 bits per heavy atom. The summed E-state index contributed by atoms with van der Waals surface area (Å²) in [5.74, 6) is 0.146. The second-order valence-corrected chi connectivity index (χ2v) is 5.09. The maximum atomic E-state index is 12.5. The Hall–Kier alpha value is -1.55. The highest BCUT2D eigenvalue weighted by atomic mass is 16.3. The van der Waals surface area contributed by atoms with Gasteiger partial charge in [0.25, 0.3) is 5.91 Å². The summed E-state index contributed by atoms with van der Waals surface area (Å²) in [6.07, 6.45) is 3.26. The highest BCUT2D eigenvalue weighted by molar-refractivity contribution is 5.94. The molecule has 0 saturated carbocycles. The van der Waals surface area contributed by atoms with Crippen molar-refractivity contribution in [3.63, 3.8) is 0 Å². The number of nitrogens with zero attached hydrogens (tertiary/aromatic N) is 1. The van der Waals surface area contributed by atoms with Gasteiger partial charge in [0.05, 0.1) is 0 Å². The molecule has 1 saturated heterocycles. The van der Waals surface area contributed by atoms with E-state index in [0.29, 0.717) is 11.6 Å². The van der Waals surface area contributed by atoms with Gasteiger partial charge in [-0.1, -0.05) is 13.0 Å². The topological polar surface area (TPSA) is 52.6 Å². The molecule has 0 bridgehead atoms. The molecule has 0 spiro atoms. The largest absolute Gasteiger partial charge is 0.508 e. The number of carbonyl (C=O) groups is 1. The Labute approximate surface area is 114 Å². The van der Waals surface area contributed by atoms with Gasteiger partial charge in [0, 0.05) is 24.7 Å². The summed E-state index contributed by atoms with van der Waals surface area (Å²) in [6.45, 7) is 4.63. The number of rotatable bonds is 5. The van der Waals surface area contributed by atoms with E-state index in [1.165, 1.54) is 12.5 Å². The Morgan fingerprint density at radius 2 is 2.37 bits per heavy atom. The Balaban J connectivity index is 2.06. The minimum Gasteiger partial charge on any atom is -0.508 e. The number of aromatic hydroxyl groups is 1. The summed E-state index contributed by atoms with van der Waals surface area (Å²) in [5.41, 5.74) is 0.562. The smallest absolute Gasteiger partial charge is 0.254 e. The van der Waals surface area contributed by atoms with Crippen LogP contribution in [0.1, 0.15) is 36.5 Å². The van der Waals surface area contributed by atoms with Gasteiger partial charge in [-0.2, -0.15) is 0 Å². The van der Waals surface area contributed by atoms with E-state index >= 15 is 0 Å². The van der Waals surface area contributed by atoms with E-state index in [1.54, 1.807) is 18.2 Å². The second kappa shape index (κ2) is 6.57. The summed E-state index contributed by atoms with van der Waals surface area (Å²) in [4.78, 5) is 14.3. The van der Waals surface area contributed by atoms with Crippen LogP contribution in [0.5, 0.6) is 5.75 Å². The molecule has 0 aliphatic carbocycles. The number of benzene rings is 1. The second-order valence-electron chi connectivity index (χ2n) is 5.09. The van der Waals surface area contributed by atoms with Gasteiger partial charge in [0.1, 0.15) is 5.75 Å². The number of hydrogen-bond donors (Lipinski definition) is 2. The zero-order valence-electron chi connectivity index (χ0n) is 11.4. The molecule has 1 unspecified atom stereocenters.